The molecule has 0 radical (unpaired) electrons. The highest BCUT2D eigenvalue weighted by Crippen LogP contribution is 2.28. The van der Waals surface area contributed by atoms with Gasteiger partial charge in [0.15, 0.2) is 0 Å². The molecule has 3 aromatic rings. The Morgan fingerprint density at radius 3 is 2.86 bits per heavy atom. The van der Waals surface area contributed by atoms with E-state index in [4.69, 9.17) is 17.3 Å². The number of nitrogen functional groups attached to an aromatic ring is 1. The minimum absolute atomic E-state index is 0.117. The average molecular weight is 302 g/mol. The summed E-state index contributed by atoms with van der Waals surface area (Å²) in [5.41, 5.74) is 8.54. The van der Waals surface area contributed by atoms with Crippen molar-refractivity contribution in [3.8, 4) is 0 Å². The molecule has 0 spiro atoms. The number of nitrogens with two attached hydrogens (primary N) is 1. The smallest absolute Gasteiger partial charge is 0.141 e. The summed E-state index contributed by atoms with van der Waals surface area (Å²) in [7, 11) is 0. The van der Waals surface area contributed by atoms with Crippen LogP contribution in [-0.2, 0) is 6.54 Å². The standard InChI is InChI=1S/C16H13ClFN3/c17-13-7-10(1-3-14(13)18)8-21-15-4-2-11-9-20-6-5-12(11)16(15)19/h1-7,9,21H,8,19H2. The van der Waals surface area contributed by atoms with E-state index in [0.29, 0.717) is 12.2 Å². The second kappa shape index (κ2) is 5.58. The van der Waals surface area contributed by atoms with Crippen molar-refractivity contribution in [1.29, 1.82) is 0 Å². The first-order chi connectivity index (χ1) is 10.1. The zero-order valence-electron chi connectivity index (χ0n) is 11.1. The maximum absolute atomic E-state index is 13.1. The SMILES string of the molecule is Nc1c(NCc2ccc(F)c(Cl)c2)ccc2cnccc12. The van der Waals surface area contributed by atoms with Crippen LogP contribution in [0.5, 0.6) is 0 Å². The van der Waals surface area contributed by atoms with Gasteiger partial charge in [-0.2, -0.15) is 0 Å². The second-order valence-electron chi connectivity index (χ2n) is 4.73. The lowest BCUT2D eigenvalue weighted by atomic mass is 10.1. The molecule has 106 valence electrons. The third kappa shape index (κ3) is 2.76. The van der Waals surface area contributed by atoms with Gasteiger partial charge in [0, 0.05) is 29.7 Å². The van der Waals surface area contributed by atoms with Gasteiger partial charge in [-0.3, -0.25) is 4.98 Å². The van der Waals surface area contributed by atoms with Gasteiger partial charge in [0.05, 0.1) is 16.4 Å². The number of hydrogen-bond donors (Lipinski definition) is 2. The second-order valence-corrected chi connectivity index (χ2v) is 5.13. The molecule has 3 rings (SSSR count). The normalized spacial score (nSPS) is 10.8. The fourth-order valence-electron chi connectivity index (χ4n) is 2.19. The number of anilines is 2. The molecule has 0 fully saturated rings. The van der Waals surface area contributed by atoms with Crippen LogP contribution in [0.4, 0.5) is 15.8 Å². The predicted molar refractivity (Wildman–Crippen MR) is 84.9 cm³/mol. The lowest BCUT2D eigenvalue weighted by Gasteiger charge is -2.12. The lowest BCUT2D eigenvalue weighted by molar-refractivity contribution is 0.627. The van der Waals surface area contributed by atoms with Gasteiger partial charge in [-0.15, -0.1) is 0 Å². The van der Waals surface area contributed by atoms with Crippen molar-refractivity contribution in [2.75, 3.05) is 11.1 Å². The van der Waals surface area contributed by atoms with Gasteiger partial charge in [0.1, 0.15) is 5.82 Å². The zero-order chi connectivity index (χ0) is 14.8. The minimum Gasteiger partial charge on any atom is -0.397 e. The molecule has 0 amide bonds. The number of aromatic nitrogens is 1. The monoisotopic (exact) mass is 301 g/mol. The van der Waals surface area contributed by atoms with Gasteiger partial charge in [-0.25, -0.2) is 4.39 Å². The van der Waals surface area contributed by atoms with E-state index >= 15 is 0 Å². The van der Waals surface area contributed by atoms with E-state index in [2.05, 4.69) is 10.3 Å². The highest BCUT2D eigenvalue weighted by molar-refractivity contribution is 6.30. The highest BCUT2D eigenvalue weighted by atomic mass is 35.5. The van der Waals surface area contributed by atoms with E-state index < -0.39 is 5.82 Å². The van der Waals surface area contributed by atoms with E-state index in [1.54, 1.807) is 24.5 Å². The molecule has 5 heteroatoms. The van der Waals surface area contributed by atoms with Crippen molar-refractivity contribution in [3.63, 3.8) is 0 Å². The Bertz CT molecular complexity index is 805. The Balaban J connectivity index is 1.85. The maximum Gasteiger partial charge on any atom is 0.141 e. The summed E-state index contributed by atoms with van der Waals surface area (Å²) in [6.07, 6.45) is 3.48. The Labute approximate surface area is 126 Å². The van der Waals surface area contributed by atoms with Crippen LogP contribution in [0.1, 0.15) is 5.56 Å². The fraction of sp³-hybridized carbons (Fsp3) is 0.0625. The summed E-state index contributed by atoms with van der Waals surface area (Å²) in [5.74, 6) is -0.418. The average Bonchev–Trinajstić information content (AvgIpc) is 2.50. The third-order valence-electron chi connectivity index (χ3n) is 3.33. The molecule has 21 heavy (non-hydrogen) atoms. The molecule has 1 heterocycles. The Kier molecular flexibility index (Phi) is 3.62. The van der Waals surface area contributed by atoms with Gasteiger partial charge in [-0.1, -0.05) is 23.7 Å². The lowest BCUT2D eigenvalue weighted by Crippen LogP contribution is -2.03. The van der Waals surface area contributed by atoms with Crippen molar-refractivity contribution in [3.05, 3.63) is 65.2 Å². The number of pyridine rings is 1. The van der Waals surface area contributed by atoms with Crippen LogP contribution in [0.15, 0.2) is 48.8 Å². The molecular formula is C16H13ClFN3. The van der Waals surface area contributed by atoms with Crippen molar-refractivity contribution < 1.29 is 4.39 Å². The van der Waals surface area contributed by atoms with Crippen LogP contribution in [0.3, 0.4) is 0 Å². The predicted octanol–water partition coefficient (Wildman–Crippen LogP) is 4.22. The van der Waals surface area contributed by atoms with Crippen molar-refractivity contribution in [1.82, 2.24) is 4.98 Å². The number of fused-ring (bicyclic) bond motifs is 1. The molecule has 0 aliphatic rings. The third-order valence-corrected chi connectivity index (χ3v) is 3.62. The molecule has 0 saturated carbocycles. The Morgan fingerprint density at radius 2 is 2.05 bits per heavy atom. The van der Waals surface area contributed by atoms with Crippen molar-refractivity contribution in [2.24, 2.45) is 0 Å². The summed E-state index contributed by atoms with van der Waals surface area (Å²) < 4.78 is 13.1. The summed E-state index contributed by atoms with van der Waals surface area (Å²) >= 11 is 5.77. The number of benzene rings is 2. The molecule has 0 atom stereocenters. The summed E-state index contributed by atoms with van der Waals surface area (Å²) in [5, 5.41) is 5.30. The van der Waals surface area contributed by atoms with Gasteiger partial charge in [0.2, 0.25) is 0 Å². The number of nitrogens with zero attached hydrogens (tertiary/aromatic N) is 1. The van der Waals surface area contributed by atoms with Crippen LogP contribution in [0.25, 0.3) is 10.8 Å². The van der Waals surface area contributed by atoms with Gasteiger partial charge < -0.3 is 11.1 Å². The van der Waals surface area contributed by atoms with Gasteiger partial charge in [-0.05, 0) is 29.8 Å². The molecule has 0 saturated heterocycles. The first-order valence-electron chi connectivity index (χ1n) is 6.45. The molecular weight excluding hydrogens is 289 g/mol. The first-order valence-corrected chi connectivity index (χ1v) is 6.83. The number of rotatable bonds is 3. The fourth-order valence-corrected chi connectivity index (χ4v) is 2.40. The van der Waals surface area contributed by atoms with E-state index in [1.165, 1.54) is 6.07 Å². The molecule has 0 bridgehead atoms. The summed E-state index contributed by atoms with van der Waals surface area (Å²) in [4.78, 5) is 4.07. The van der Waals surface area contributed by atoms with E-state index in [0.717, 1.165) is 22.0 Å². The number of halogens is 2. The molecule has 3 nitrogen and oxygen atoms in total. The molecule has 3 N–H and O–H groups in total. The minimum atomic E-state index is -0.418. The van der Waals surface area contributed by atoms with Crippen molar-refractivity contribution in [2.45, 2.75) is 6.54 Å². The van der Waals surface area contributed by atoms with E-state index in [-0.39, 0.29) is 5.02 Å². The van der Waals surface area contributed by atoms with Gasteiger partial charge >= 0.3 is 0 Å². The molecule has 1 aromatic heterocycles. The largest absolute Gasteiger partial charge is 0.397 e. The van der Waals surface area contributed by atoms with Crippen molar-refractivity contribution >= 4 is 33.7 Å². The zero-order valence-corrected chi connectivity index (χ0v) is 11.9. The number of hydrogen-bond acceptors (Lipinski definition) is 3. The molecule has 2 aromatic carbocycles. The summed E-state index contributed by atoms with van der Waals surface area (Å²) in [6, 6.07) is 10.4. The summed E-state index contributed by atoms with van der Waals surface area (Å²) in [6.45, 7) is 0.515. The highest BCUT2D eigenvalue weighted by Gasteiger charge is 2.05. The molecule has 0 aliphatic carbocycles. The van der Waals surface area contributed by atoms with Crippen LogP contribution in [0, 0.1) is 5.82 Å². The van der Waals surface area contributed by atoms with Crippen LogP contribution in [0.2, 0.25) is 5.02 Å². The van der Waals surface area contributed by atoms with Crippen LogP contribution < -0.4 is 11.1 Å². The van der Waals surface area contributed by atoms with Gasteiger partial charge in [0.25, 0.3) is 0 Å². The Morgan fingerprint density at radius 1 is 1.19 bits per heavy atom. The first kappa shape index (κ1) is 13.6. The topological polar surface area (TPSA) is 50.9 Å². The van der Waals surface area contributed by atoms with E-state index in [9.17, 15) is 4.39 Å². The Hall–Kier alpha value is -2.33. The molecule has 0 aliphatic heterocycles. The molecule has 0 unspecified atom stereocenters. The quantitative estimate of drug-likeness (QED) is 0.712. The van der Waals surface area contributed by atoms with Crippen LogP contribution >= 0.6 is 11.6 Å². The number of nitrogens with one attached hydrogen (secondary N) is 1. The van der Waals surface area contributed by atoms with Crippen LogP contribution in [-0.4, -0.2) is 4.98 Å². The van der Waals surface area contributed by atoms with E-state index in [1.807, 2.05) is 18.2 Å². The maximum atomic E-state index is 13.1.